The van der Waals surface area contributed by atoms with Gasteiger partial charge in [0.2, 0.25) is 0 Å². The third-order valence-electron chi connectivity index (χ3n) is 8.42. The van der Waals surface area contributed by atoms with Gasteiger partial charge >= 0.3 is 37.9 Å². The fourth-order valence-corrected chi connectivity index (χ4v) is 6.78. The summed E-state index contributed by atoms with van der Waals surface area (Å²) in [6, 6.07) is 22.3. The summed E-state index contributed by atoms with van der Waals surface area (Å²) < 4.78 is 0. The van der Waals surface area contributed by atoms with E-state index in [-0.39, 0.29) is 10.8 Å². The Hall–Kier alpha value is -1.14. The summed E-state index contributed by atoms with van der Waals surface area (Å²) in [6.07, 6.45) is 22.9. The van der Waals surface area contributed by atoms with Crippen LogP contribution in [0.1, 0.15) is 52.7 Å². The van der Waals surface area contributed by atoms with E-state index in [0.29, 0.717) is 0 Å². The van der Waals surface area contributed by atoms with Gasteiger partial charge in [0.15, 0.2) is 0 Å². The van der Waals surface area contributed by atoms with Crippen molar-refractivity contribution in [2.24, 2.45) is 10.8 Å². The first-order chi connectivity index (χ1) is 20.1. The second-order valence-corrected chi connectivity index (χ2v) is 16.8. The fraction of sp³-hybridized carbons (Fsp3) is 0.231. The van der Waals surface area contributed by atoms with Crippen LogP contribution in [-0.2, 0) is 26.3 Å². The average Bonchev–Trinajstić information content (AvgIpc) is 3.62. The Labute approximate surface area is 274 Å². The third-order valence-corrected chi connectivity index (χ3v) is 8.42. The molecule has 0 aromatic heterocycles. The molecule has 2 saturated carbocycles. The van der Waals surface area contributed by atoms with Gasteiger partial charge in [-0.25, -0.2) is 0 Å². The number of allylic oxidation sites excluding steroid dienone is 8. The molecule has 2 aromatic carbocycles. The molecule has 0 aliphatic heterocycles. The van der Waals surface area contributed by atoms with Crippen molar-refractivity contribution in [1.82, 2.24) is 0 Å². The molecule has 2 fully saturated rings. The summed E-state index contributed by atoms with van der Waals surface area (Å²) in [5.41, 5.74) is 4.85. The van der Waals surface area contributed by atoms with Crippen LogP contribution in [0.15, 0.2) is 108 Å². The zero-order valence-corrected chi connectivity index (χ0v) is 29.3. The Morgan fingerprint density at radius 3 is 1.31 bits per heavy atom. The van der Waals surface area contributed by atoms with Gasteiger partial charge in [0.05, 0.1) is 0 Å². The van der Waals surface area contributed by atoms with Crippen molar-refractivity contribution in [2.75, 3.05) is 0 Å². The minimum atomic E-state index is -0.826. The van der Waals surface area contributed by atoms with Gasteiger partial charge in [-0.3, -0.25) is 0 Å². The first-order valence-corrected chi connectivity index (χ1v) is 20.8. The van der Waals surface area contributed by atoms with Crippen LogP contribution in [0.3, 0.4) is 0 Å². The van der Waals surface area contributed by atoms with Gasteiger partial charge in [0.1, 0.15) is 0 Å². The molecule has 0 N–H and O–H groups in total. The zero-order valence-electron chi connectivity index (χ0n) is 25.3. The minimum absolute atomic E-state index is 0.0222. The van der Waals surface area contributed by atoms with E-state index in [1.807, 2.05) is 0 Å². The van der Waals surface area contributed by atoms with Crippen molar-refractivity contribution < 1.29 is 20.8 Å². The quantitative estimate of drug-likeness (QED) is 0.304. The Morgan fingerprint density at radius 2 is 0.952 bits per heavy atom. The predicted molar refractivity (Wildman–Crippen MR) is 175 cm³/mol. The molecule has 2 aromatic rings. The van der Waals surface area contributed by atoms with Gasteiger partial charge in [-0.05, 0) is 53.6 Å². The van der Waals surface area contributed by atoms with Gasteiger partial charge in [-0.15, -0.1) is 0 Å². The van der Waals surface area contributed by atoms with Crippen LogP contribution in [0.25, 0.3) is 0 Å². The SMILES string of the molecule is CC(C)(C)C1=CC=C[C]2[C]3C=CC=C(C(C)(C)C)[C]3[C](C([C]3[CH][CH][CH][CH]3)(c3ccccc3)c3ccccc3)[C]21.[Cl][Zr][Cl]. The molecule has 0 unspecified atom stereocenters. The van der Waals surface area contributed by atoms with E-state index in [2.05, 4.69) is 164 Å². The molecule has 0 heterocycles. The molecule has 6 rings (SSSR count). The van der Waals surface area contributed by atoms with Crippen molar-refractivity contribution in [3.8, 4) is 0 Å². The third kappa shape index (κ3) is 5.82. The van der Waals surface area contributed by atoms with Gasteiger partial charge in [-0.2, -0.15) is 0 Å². The Kier molecular flexibility index (Phi) is 10.0. The van der Waals surface area contributed by atoms with E-state index in [1.54, 1.807) is 0 Å². The molecule has 0 bridgehead atoms. The molecule has 0 atom stereocenters. The fourth-order valence-electron chi connectivity index (χ4n) is 6.78. The zero-order chi connectivity index (χ0) is 30.1. The van der Waals surface area contributed by atoms with Gasteiger partial charge in [-0.1, -0.05) is 150 Å². The number of halogens is 2. The second-order valence-electron chi connectivity index (χ2n) is 13.1. The van der Waals surface area contributed by atoms with Crippen molar-refractivity contribution >= 4 is 17.0 Å². The van der Waals surface area contributed by atoms with Crippen LogP contribution >= 0.6 is 17.0 Å². The van der Waals surface area contributed by atoms with Crippen molar-refractivity contribution in [1.29, 1.82) is 0 Å². The summed E-state index contributed by atoms with van der Waals surface area (Å²) >= 11 is -0.826. The first-order valence-electron chi connectivity index (χ1n) is 14.5. The first kappa shape index (κ1) is 32.3. The number of fused-ring (bicyclic) bond motifs is 3. The van der Waals surface area contributed by atoms with Crippen molar-refractivity contribution in [3.05, 3.63) is 181 Å². The predicted octanol–water partition coefficient (Wildman–Crippen LogP) is 10.7. The molecule has 0 spiro atoms. The van der Waals surface area contributed by atoms with Gasteiger partial charge in [0, 0.05) is 35.0 Å². The maximum atomic E-state index is 4.93. The second kappa shape index (κ2) is 13.1. The Bertz CT molecular complexity index is 1220. The standard InChI is InChI=1S/C39H38.2ClH.Zr/c1-37(2,3)32-25-15-23-30-31-24-16-26-33(38(4,5)6)35(31)36(34(30)32)39(29-21-13-14-22-29,27-17-9-7-10-18-27)28-19-11-8-12-20-28;;;/h7-26H,1-6H3;2*1H;/q;;;+2/p-2. The molecule has 0 amide bonds. The number of rotatable bonds is 4. The van der Waals surface area contributed by atoms with Crippen LogP contribution in [0, 0.1) is 72.0 Å². The molecule has 4 aliphatic carbocycles. The molecule has 10 radical (unpaired) electrons. The van der Waals surface area contributed by atoms with Gasteiger partial charge in [0.25, 0.3) is 0 Å². The van der Waals surface area contributed by atoms with Crippen LogP contribution < -0.4 is 0 Å². The van der Waals surface area contributed by atoms with Crippen LogP contribution in [0.2, 0.25) is 0 Å². The average molecular weight is 669 g/mol. The van der Waals surface area contributed by atoms with E-state index >= 15 is 0 Å². The summed E-state index contributed by atoms with van der Waals surface area (Å²) in [6.45, 7) is 14.1. The van der Waals surface area contributed by atoms with E-state index in [0.717, 1.165) is 0 Å². The molecular weight excluding hydrogens is 631 g/mol. The molecule has 3 heteroatoms. The van der Waals surface area contributed by atoms with E-state index < -0.39 is 26.3 Å². The molecular formula is C39H38Cl2Zr. The van der Waals surface area contributed by atoms with Crippen molar-refractivity contribution in [3.63, 3.8) is 0 Å². The van der Waals surface area contributed by atoms with Crippen LogP contribution in [0.4, 0.5) is 0 Å². The van der Waals surface area contributed by atoms with Crippen LogP contribution in [-0.4, -0.2) is 0 Å². The Morgan fingerprint density at radius 1 is 0.571 bits per heavy atom. The molecule has 4 aliphatic rings. The van der Waals surface area contributed by atoms with Crippen LogP contribution in [0.5, 0.6) is 0 Å². The van der Waals surface area contributed by atoms with E-state index in [1.165, 1.54) is 57.8 Å². The topological polar surface area (TPSA) is 0 Å². The van der Waals surface area contributed by atoms with E-state index in [4.69, 9.17) is 17.0 Å². The number of hydrogen-bond donors (Lipinski definition) is 0. The van der Waals surface area contributed by atoms with E-state index in [9.17, 15) is 0 Å². The van der Waals surface area contributed by atoms with Crippen molar-refractivity contribution in [2.45, 2.75) is 47.0 Å². The Balaban J connectivity index is 0.00000113. The summed E-state index contributed by atoms with van der Waals surface area (Å²) in [7, 11) is 9.87. The molecule has 0 nitrogen and oxygen atoms in total. The monoisotopic (exact) mass is 666 g/mol. The maximum absolute atomic E-state index is 4.93. The molecule has 0 saturated heterocycles. The summed E-state index contributed by atoms with van der Waals surface area (Å²) in [5.74, 6) is 8.20. The molecule has 212 valence electrons. The summed E-state index contributed by atoms with van der Waals surface area (Å²) in [5, 5.41) is 0. The summed E-state index contributed by atoms with van der Waals surface area (Å²) in [4.78, 5) is 0. The normalized spacial score (nSPS) is 21.0. The number of benzene rings is 2. The van der Waals surface area contributed by atoms with Gasteiger partial charge < -0.3 is 0 Å². The molecule has 42 heavy (non-hydrogen) atoms. The number of hydrogen-bond acceptors (Lipinski definition) is 0.